The molecule has 3 rings (SSSR count). The zero-order valence-corrected chi connectivity index (χ0v) is 13.0. The third-order valence-electron chi connectivity index (χ3n) is 5.74. The lowest BCUT2D eigenvalue weighted by atomic mass is 9.70. The van der Waals surface area contributed by atoms with Gasteiger partial charge in [-0.3, -0.25) is 0 Å². The van der Waals surface area contributed by atoms with Gasteiger partial charge in [0.05, 0.1) is 0 Å². The van der Waals surface area contributed by atoms with E-state index in [1.54, 1.807) is 6.07 Å². The number of hydrogen-bond donors (Lipinski definition) is 0. The molecule has 2 aliphatic rings. The standard InChI is InChI=1S/C19H23F2N/c20-18-10-16(11-19(21)17(18)12-22)15-8-6-14(7-9-15)13-4-2-1-3-5-13/h10-11,13-15H,1-9H2. The Kier molecular flexibility index (Phi) is 4.76. The summed E-state index contributed by atoms with van der Waals surface area (Å²) in [4.78, 5) is 0. The average Bonchev–Trinajstić information content (AvgIpc) is 2.55. The second-order valence-electron chi connectivity index (χ2n) is 6.98. The first-order valence-corrected chi connectivity index (χ1v) is 8.58. The van der Waals surface area contributed by atoms with Crippen LogP contribution in [0.4, 0.5) is 8.78 Å². The van der Waals surface area contributed by atoms with Gasteiger partial charge < -0.3 is 0 Å². The van der Waals surface area contributed by atoms with Gasteiger partial charge in [0.2, 0.25) is 0 Å². The van der Waals surface area contributed by atoms with Crippen LogP contribution in [0.2, 0.25) is 0 Å². The zero-order chi connectivity index (χ0) is 15.5. The van der Waals surface area contributed by atoms with Crippen molar-refractivity contribution in [3.8, 4) is 6.07 Å². The van der Waals surface area contributed by atoms with E-state index in [1.165, 1.54) is 57.1 Å². The van der Waals surface area contributed by atoms with Crippen molar-refractivity contribution in [3.05, 3.63) is 34.9 Å². The molecule has 2 aliphatic carbocycles. The molecule has 22 heavy (non-hydrogen) atoms. The Bertz CT molecular complexity index is 538. The van der Waals surface area contributed by atoms with E-state index in [-0.39, 0.29) is 5.92 Å². The number of benzene rings is 1. The largest absolute Gasteiger partial charge is 0.205 e. The lowest BCUT2D eigenvalue weighted by molar-refractivity contribution is 0.186. The second-order valence-corrected chi connectivity index (χ2v) is 6.98. The van der Waals surface area contributed by atoms with Crippen molar-refractivity contribution in [2.24, 2.45) is 11.8 Å². The summed E-state index contributed by atoms with van der Waals surface area (Å²) < 4.78 is 27.5. The van der Waals surface area contributed by atoms with Crippen LogP contribution in [0.25, 0.3) is 0 Å². The van der Waals surface area contributed by atoms with Crippen LogP contribution in [0.3, 0.4) is 0 Å². The highest BCUT2D eigenvalue weighted by atomic mass is 19.1. The van der Waals surface area contributed by atoms with Crippen molar-refractivity contribution in [1.82, 2.24) is 0 Å². The molecule has 3 heteroatoms. The SMILES string of the molecule is N#Cc1c(F)cc(C2CCC(C3CCCCC3)CC2)cc1F. The third-order valence-corrected chi connectivity index (χ3v) is 5.74. The molecule has 0 spiro atoms. The number of rotatable bonds is 2. The van der Waals surface area contributed by atoms with Crippen molar-refractivity contribution in [2.75, 3.05) is 0 Å². The number of nitriles is 1. The number of halogens is 2. The monoisotopic (exact) mass is 303 g/mol. The highest BCUT2D eigenvalue weighted by Gasteiger charge is 2.29. The molecule has 2 fully saturated rings. The summed E-state index contributed by atoms with van der Waals surface area (Å²) in [5.74, 6) is 0.504. The van der Waals surface area contributed by atoms with Crippen molar-refractivity contribution in [2.45, 2.75) is 63.7 Å². The summed E-state index contributed by atoms with van der Waals surface area (Å²) in [5.41, 5.74) is 0.274. The summed E-state index contributed by atoms with van der Waals surface area (Å²) in [7, 11) is 0. The molecule has 0 amide bonds. The molecule has 0 saturated heterocycles. The third kappa shape index (κ3) is 3.16. The van der Waals surface area contributed by atoms with Crippen LogP contribution in [-0.2, 0) is 0 Å². The van der Waals surface area contributed by atoms with Gasteiger partial charge in [-0.2, -0.15) is 5.26 Å². The quantitative estimate of drug-likeness (QED) is 0.688. The number of nitrogens with zero attached hydrogens (tertiary/aromatic N) is 1. The predicted octanol–water partition coefficient (Wildman–Crippen LogP) is 5.69. The van der Waals surface area contributed by atoms with Gasteiger partial charge in [0.1, 0.15) is 23.3 Å². The van der Waals surface area contributed by atoms with Crippen LogP contribution < -0.4 is 0 Å². The van der Waals surface area contributed by atoms with Crippen LogP contribution in [0.5, 0.6) is 0 Å². The van der Waals surface area contributed by atoms with Crippen LogP contribution in [0.1, 0.15) is 74.8 Å². The molecule has 1 nitrogen and oxygen atoms in total. The molecule has 1 aromatic carbocycles. The fourth-order valence-corrected chi connectivity index (χ4v) is 4.46. The predicted molar refractivity (Wildman–Crippen MR) is 82.3 cm³/mol. The van der Waals surface area contributed by atoms with Crippen LogP contribution in [0, 0.1) is 34.8 Å². The van der Waals surface area contributed by atoms with Crippen LogP contribution in [0.15, 0.2) is 12.1 Å². The van der Waals surface area contributed by atoms with E-state index in [1.807, 2.05) is 0 Å². The molecular weight excluding hydrogens is 280 g/mol. The molecule has 0 radical (unpaired) electrons. The summed E-state index contributed by atoms with van der Waals surface area (Å²) in [6, 6.07) is 4.33. The van der Waals surface area contributed by atoms with Gasteiger partial charge in [0.25, 0.3) is 0 Å². The minimum Gasteiger partial charge on any atom is -0.205 e. The molecule has 0 N–H and O–H groups in total. The van der Waals surface area contributed by atoms with Gasteiger partial charge in [0, 0.05) is 0 Å². The summed E-state index contributed by atoms with van der Waals surface area (Å²) in [6.07, 6.45) is 11.3. The van der Waals surface area contributed by atoms with E-state index in [0.717, 1.165) is 30.2 Å². The van der Waals surface area contributed by atoms with Crippen molar-refractivity contribution < 1.29 is 8.78 Å². The lowest BCUT2D eigenvalue weighted by Crippen LogP contribution is -2.23. The molecule has 1 aromatic rings. The van der Waals surface area contributed by atoms with E-state index in [9.17, 15) is 8.78 Å². The molecule has 0 heterocycles. The Morgan fingerprint density at radius 2 is 1.36 bits per heavy atom. The molecular formula is C19H23F2N. The molecule has 2 saturated carbocycles. The first-order chi connectivity index (χ1) is 10.7. The van der Waals surface area contributed by atoms with Gasteiger partial charge >= 0.3 is 0 Å². The van der Waals surface area contributed by atoms with E-state index >= 15 is 0 Å². The smallest absolute Gasteiger partial charge is 0.144 e. The molecule has 0 unspecified atom stereocenters. The van der Waals surface area contributed by atoms with Crippen molar-refractivity contribution in [3.63, 3.8) is 0 Å². The molecule has 0 atom stereocenters. The average molecular weight is 303 g/mol. The summed E-state index contributed by atoms with van der Waals surface area (Å²) >= 11 is 0. The summed E-state index contributed by atoms with van der Waals surface area (Å²) in [6.45, 7) is 0. The number of hydrogen-bond acceptors (Lipinski definition) is 1. The minimum atomic E-state index is -0.716. The Labute approximate surface area is 131 Å². The Morgan fingerprint density at radius 1 is 0.818 bits per heavy atom. The highest BCUT2D eigenvalue weighted by molar-refractivity contribution is 5.36. The fraction of sp³-hybridized carbons (Fsp3) is 0.632. The lowest BCUT2D eigenvalue weighted by Gasteiger charge is -2.36. The highest BCUT2D eigenvalue weighted by Crippen LogP contribution is 2.43. The van der Waals surface area contributed by atoms with Gasteiger partial charge in [-0.1, -0.05) is 32.1 Å². The minimum absolute atomic E-state index is 0.247. The van der Waals surface area contributed by atoms with E-state index in [2.05, 4.69) is 0 Å². The first-order valence-electron chi connectivity index (χ1n) is 8.58. The maximum atomic E-state index is 13.8. The van der Waals surface area contributed by atoms with E-state index in [4.69, 9.17) is 5.26 Å². The van der Waals surface area contributed by atoms with Crippen molar-refractivity contribution >= 4 is 0 Å². The maximum Gasteiger partial charge on any atom is 0.144 e. The van der Waals surface area contributed by atoms with Crippen molar-refractivity contribution in [1.29, 1.82) is 5.26 Å². The fourth-order valence-electron chi connectivity index (χ4n) is 4.46. The molecule has 0 aliphatic heterocycles. The van der Waals surface area contributed by atoms with Gasteiger partial charge in [-0.25, -0.2) is 8.78 Å². The summed E-state index contributed by atoms with van der Waals surface area (Å²) in [5, 5.41) is 8.75. The molecule has 118 valence electrons. The molecule has 0 bridgehead atoms. The van der Waals surface area contributed by atoms with Gasteiger partial charge in [0.15, 0.2) is 0 Å². The van der Waals surface area contributed by atoms with Crippen LogP contribution in [-0.4, -0.2) is 0 Å². The zero-order valence-electron chi connectivity index (χ0n) is 13.0. The van der Waals surface area contributed by atoms with Gasteiger partial charge in [-0.15, -0.1) is 0 Å². The van der Waals surface area contributed by atoms with Gasteiger partial charge in [-0.05, 0) is 61.1 Å². The Balaban J connectivity index is 1.65. The second kappa shape index (κ2) is 6.77. The first kappa shape index (κ1) is 15.5. The molecule has 0 aromatic heterocycles. The maximum absolute atomic E-state index is 13.8. The normalized spacial score (nSPS) is 26.6. The Hall–Kier alpha value is -1.43. The van der Waals surface area contributed by atoms with Crippen LogP contribution >= 0.6 is 0 Å². The van der Waals surface area contributed by atoms with E-state index < -0.39 is 17.2 Å². The van der Waals surface area contributed by atoms with E-state index in [0.29, 0.717) is 0 Å². The topological polar surface area (TPSA) is 23.8 Å². The Morgan fingerprint density at radius 3 is 1.91 bits per heavy atom.